The summed E-state index contributed by atoms with van der Waals surface area (Å²) in [6.45, 7) is 3.18. The smallest absolute Gasteiger partial charge is 0.322 e. The first-order valence-corrected chi connectivity index (χ1v) is 6.86. The van der Waals surface area contributed by atoms with E-state index in [2.05, 4.69) is 9.71 Å². The third-order valence-corrected chi connectivity index (χ3v) is 3.78. The van der Waals surface area contributed by atoms with Gasteiger partial charge in [0, 0.05) is 12.4 Å². The minimum Gasteiger partial charge on any atom is -0.480 e. The van der Waals surface area contributed by atoms with Crippen molar-refractivity contribution >= 4 is 16.0 Å². The van der Waals surface area contributed by atoms with Gasteiger partial charge in [-0.15, -0.1) is 0 Å². The first-order valence-electron chi connectivity index (χ1n) is 5.38. The number of hydrogen-bond acceptors (Lipinski definition) is 5. The van der Waals surface area contributed by atoms with Gasteiger partial charge in [0.2, 0.25) is 10.0 Å². The Balaban J connectivity index is 3.11. The van der Waals surface area contributed by atoms with Crippen molar-refractivity contribution in [3.8, 4) is 6.07 Å². The van der Waals surface area contributed by atoms with E-state index in [9.17, 15) is 13.2 Å². The highest BCUT2D eigenvalue weighted by Crippen LogP contribution is 2.12. The molecule has 102 valence electrons. The lowest BCUT2D eigenvalue weighted by Gasteiger charge is -2.17. The number of aromatic nitrogens is 1. The van der Waals surface area contributed by atoms with Crippen molar-refractivity contribution in [2.24, 2.45) is 5.92 Å². The molecule has 8 heteroatoms. The zero-order valence-electron chi connectivity index (χ0n) is 10.4. The maximum Gasteiger partial charge on any atom is 0.322 e. The number of rotatable bonds is 5. The third-order valence-electron chi connectivity index (χ3n) is 2.37. The van der Waals surface area contributed by atoms with Crippen LogP contribution in [-0.4, -0.2) is 30.5 Å². The summed E-state index contributed by atoms with van der Waals surface area (Å²) in [5, 5.41) is 17.6. The quantitative estimate of drug-likeness (QED) is 0.804. The minimum absolute atomic E-state index is 0.0827. The molecule has 1 rings (SSSR count). The molecular weight excluding hydrogens is 270 g/mol. The van der Waals surface area contributed by atoms with Gasteiger partial charge in [0.1, 0.15) is 17.0 Å². The van der Waals surface area contributed by atoms with Crippen LogP contribution in [0.1, 0.15) is 19.4 Å². The molecule has 0 aliphatic carbocycles. The van der Waals surface area contributed by atoms with Crippen molar-refractivity contribution in [1.82, 2.24) is 9.71 Å². The fourth-order valence-corrected chi connectivity index (χ4v) is 2.66. The number of nitriles is 1. The molecule has 0 aliphatic heterocycles. The molecule has 0 aliphatic rings. The molecular formula is C11H13N3O4S. The number of nitrogens with zero attached hydrogens (tertiary/aromatic N) is 2. The number of aliphatic carboxylic acids is 1. The Labute approximate surface area is 110 Å². The highest BCUT2D eigenvalue weighted by atomic mass is 32.2. The monoisotopic (exact) mass is 283 g/mol. The van der Waals surface area contributed by atoms with Gasteiger partial charge in [-0.3, -0.25) is 9.78 Å². The van der Waals surface area contributed by atoms with Crippen LogP contribution < -0.4 is 4.72 Å². The van der Waals surface area contributed by atoms with E-state index in [1.165, 1.54) is 6.20 Å². The van der Waals surface area contributed by atoms with E-state index in [1.54, 1.807) is 19.9 Å². The fraction of sp³-hybridized carbons (Fsp3) is 0.364. The zero-order valence-corrected chi connectivity index (χ0v) is 11.2. The van der Waals surface area contributed by atoms with Crippen LogP contribution in [0.15, 0.2) is 23.4 Å². The van der Waals surface area contributed by atoms with E-state index in [4.69, 9.17) is 10.4 Å². The average Bonchev–Trinajstić information content (AvgIpc) is 2.35. The second-order valence-corrected chi connectivity index (χ2v) is 5.92. The summed E-state index contributed by atoms with van der Waals surface area (Å²) >= 11 is 0. The van der Waals surface area contributed by atoms with Crippen molar-refractivity contribution in [1.29, 1.82) is 5.26 Å². The summed E-state index contributed by atoms with van der Waals surface area (Å²) in [7, 11) is -4.03. The highest BCUT2D eigenvalue weighted by molar-refractivity contribution is 7.89. The molecule has 0 unspecified atom stereocenters. The van der Waals surface area contributed by atoms with Crippen molar-refractivity contribution in [3.05, 3.63) is 24.0 Å². The van der Waals surface area contributed by atoms with Crippen LogP contribution in [0.5, 0.6) is 0 Å². The predicted molar refractivity (Wildman–Crippen MR) is 65.5 cm³/mol. The van der Waals surface area contributed by atoms with E-state index in [0.29, 0.717) is 0 Å². The SMILES string of the molecule is CC(C)[C@@H](NS(=O)(=O)c1cncc(C#N)c1)C(=O)O. The lowest BCUT2D eigenvalue weighted by Crippen LogP contribution is -2.44. The Kier molecular flexibility index (Phi) is 4.58. The second kappa shape index (κ2) is 5.77. The summed E-state index contributed by atoms with van der Waals surface area (Å²) in [4.78, 5) is 14.4. The Morgan fingerprint density at radius 1 is 1.47 bits per heavy atom. The lowest BCUT2D eigenvalue weighted by molar-refractivity contribution is -0.140. The van der Waals surface area contributed by atoms with E-state index in [0.717, 1.165) is 12.3 Å². The molecule has 1 atom stereocenters. The van der Waals surface area contributed by atoms with Crippen LogP contribution in [0.2, 0.25) is 0 Å². The second-order valence-electron chi connectivity index (χ2n) is 4.20. The molecule has 0 fully saturated rings. The van der Waals surface area contributed by atoms with Crippen molar-refractivity contribution in [2.75, 3.05) is 0 Å². The number of carboxylic acid groups (broad SMARTS) is 1. The normalized spacial score (nSPS) is 12.9. The Morgan fingerprint density at radius 2 is 2.11 bits per heavy atom. The predicted octanol–water partition coefficient (Wildman–Crippen LogP) is 0.341. The van der Waals surface area contributed by atoms with Gasteiger partial charge in [0.15, 0.2) is 0 Å². The molecule has 0 saturated heterocycles. The summed E-state index contributed by atoms with van der Waals surface area (Å²) in [6, 6.07) is 1.66. The molecule has 1 aromatic heterocycles. The van der Waals surface area contributed by atoms with Crippen LogP contribution in [0.25, 0.3) is 0 Å². The summed E-state index contributed by atoms with van der Waals surface area (Å²) in [5.74, 6) is -1.68. The summed E-state index contributed by atoms with van der Waals surface area (Å²) < 4.78 is 26.1. The van der Waals surface area contributed by atoms with E-state index >= 15 is 0 Å². The number of carboxylic acids is 1. The molecule has 1 heterocycles. The molecule has 0 spiro atoms. The Bertz CT molecular complexity index is 619. The molecule has 0 amide bonds. The van der Waals surface area contributed by atoms with Crippen molar-refractivity contribution < 1.29 is 18.3 Å². The standard InChI is InChI=1S/C11H13N3O4S/c1-7(2)10(11(15)16)14-19(17,18)9-3-8(4-12)5-13-6-9/h3,5-7,10,14H,1-2H3,(H,15,16)/t10-/m1/s1. The van der Waals surface area contributed by atoms with E-state index < -0.39 is 28.0 Å². The first-order chi connectivity index (χ1) is 8.77. The molecule has 19 heavy (non-hydrogen) atoms. The minimum atomic E-state index is -4.03. The Morgan fingerprint density at radius 3 is 2.58 bits per heavy atom. The maximum absolute atomic E-state index is 12.0. The van der Waals surface area contributed by atoms with Crippen molar-refractivity contribution in [2.45, 2.75) is 24.8 Å². The number of sulfonamides is 1. The van der Waals surface area contributed by atoms with Crippen LogP contribution in [0.4, 0.5) is 0 Å². The van der Waals surface area contributed by atoms with Crippen molar-refractivity contribution in [3.63, 3.8) is 0 Å². The highest BCUT2D eigenvalue weighted by Gasteiger charge is 2.28. The molecule has 7 nitrogen and oxygen atoms in total. The van der Waals surface area contributed by atoms with Gasteiger partial charge >= 0.3 is 5.97 Å². The van der Waals surface area contributed by atoms with Gasteiger partial charge in [-0.05, 0) is 12.0 Å². The van der Waals surface area contributed by atoms with Crippen LogP contribution in [0, 0.1) is 17.2 Å². The molecule has 0 radical (unpaired) electrons. The van der Waals surface area contributed by atoms with Gasteiger partial charge in [-0.25, -0.2) is 8.42 Å². The van der Waals surface area contributed by atoms with Gasteiger partial charge in [-0.1, -0.05) is 13.8 Å². The van der Waals surface area contributed by atoms with E-state index in [-0.39, 0.29) is 10.5 Å². The summed E-state index contributed by atoms with van der Waals surface area (Å²) in [5.41, 5.74) is 0.0827. The number of hydrogen-bond donors (Lipinski definition) is 2. The zero-order chi connectivity index (χ0) is 14.6. The summed E-state index contributed by atoms with van der Waals surface area (Å²) in [6.07, 6.45) is 2.28. The Hall–Kier alpha value is -1.98. The number of carbonyl (C=O) groups is 1. The first kappa shape index (κ1) is 15.1. The lowest BCUT2D eigenvalue weighted by atomic mass is 10.1. The molecule has 2 N–H and O–H groups in total. The fourth-order valence-electron chi connectivity index (χ4n) is 1.33. The third kappa shape index (κ3) is 3.74. The number of nitrogens with one attached hydrogen (secondary N) is 1. The molecule has 0 bridgehead atoms. The average molecular weight is 283 g/mol. The molecule has 1 aromatic rings. The molecule has 0 aromatic carbocycles. The largest absolute Gasteiger partial charge is 0.480 e. The van der Waals surface area contributed by atoms with Crippen LogP contribution in [-0.2, 0) is 14.8 Å². The molecule has 0 saturated carbocycles. The van der Waals surface area contributed by atoms with E-state index in [1.807, 2.05) is 0 Å². The van der Waals surface area contributed by atoms with Gasteiger partial charge in [0.25, 0.3) is 0 Å². The van der Waals surface area contributed by atoms with Crippen LogP contribution in [0.3, 0.4) is 0 Å². The van der Waals surface area contributed by atoms with Gasteiger partial charge in [-0.2, -0.15) is 9.98 Å². The topological polar surface area (TPSA) is 120 Å². The van der Waals surface area contributed by atoms with Gasteiger partial charge < -0.3 is 5.11 Å². The maximum atomic E-state index is 12.0. The van der Waals surface area contributed by atoms with Gasteiger partial charge in [0.05, 0.1) is 5.56 Å². The van der Waals surface area contributed by atoms with Crippen LogP contribution >= 0.6 is 0 Å². The number of pyridine rings is 1.